The summed E-state index contributed by atoms with van der Waals surface area (Å²) in [7, 11) is 1.33. The highest BCUT2D eigenvalue weighted by Gasteiger charge is 2.23. The van der Waals surface area contributed by atoms with Gasteiger partial charge in [0.15, 0.2) is 0 Å². The molecule has 3 rings (SSSR count). The molecule has 1 aliphatic heterocycles. The monoisotopic (exact) mass is 362 g/mol. The summed E-state index contributed by atoms with van der Waals surface area (Å²) in [6.45, 7) is 5.73. The number of hydrogen-bond acceptors (Lipinski definition) is 6. The van der Waals surface area contributed by atoms with E-state index in [1.807, 2.05) is 23.3 Å². The molecular weight excluding hydrogens is 340 g/mol. The summed E-state index contributed by atoms with van der Waals surface area (Å²) in [5.74, 6) is 0.608. The van der Waals surface area contributed by atoms with Crippen LogP contribution in [0.25, 0.3) is 0 Å². The molecule has 0 aromatic carbocycles. The van der Waals surface area contributed by atoms with E-state index in [2.05, 4.69) is 9.64 Å². The van der Waals surface area contributed by atoms with E-state index in [0.29, 0.717) is 13.1 Å². The van der Waals surface area contributed by atoms with Gasteiger partial charge in [-0.15, -0.1) is 11.3 Å². The number of carbonyl (C=O) groups is 2. The van der Waals surface area contributed by atoms with Crippen LogP contribution in [0.2, 0.25) is 0 Å². The SMILES string of the molecule is COC(=O)c1ccc(CN2CCCN(C(=O)c3sccc3C)CC2)o1. The zero-order valence-electron chi connectivity index (χ0n) is 14.5. The molecule has 1 saturated heterocycles. The molecule has 3 heterocycles. The van der Waals surface area contributed by atoms with Crippen LogP contribution in [0.1, 0.15) is 38.0 Å². The van der Waals surface area contributed by atoms with E-state index in [4.69, 9.17) is 4.42 Å². The molecule has 0 unspecified atom stereocenters. The lowest BCUT2D eigenvalue weighted by atomic mass is 10.2. The number of aryl methyl sites for hydroxylation is 1. The number of amides is 1. The van der Waals surface area contributed by atoms with Crippen LogP contribution in [0.3, 0.4) is 0 Å². The minimum atomic E-state index is -0.467. The number of nitrogens with zero attached hydrogens (tertiary/aromatic N) is 2. The van der Waals surface area contributed by atoms with E-state index in [0.717, 1.165) is 42.3 Å². The van der Waals surface area contributed by atoms with Gasteiger partial charge < -0.3 is 14.1 Å². The van der Waals surface area contributed by atoms with Crippen molar-refractivity contribution in [3.63, 3.8) is 0 Å². The molecule has 0 bridgehead atoms. The molecule has 0 aliphatic carbocycles. The highest BCUT2D eigenvalue weighted by atomic mass is 32.1. The Balaban J connectivity index is 1.58. The third kappa shape index (κ3) is 4.11. The van der Waals surface area contributed by atoms with Crippen molar-refractivity contribution in [3.05, 3.63) is 45.5 Å². The smallest absolute Gasteiger partial charge is 0.373 e. The zero-order valence-corrected chi connectivity index (χ0v) is 15.3. The molecule has 0 saturated carbocycles. The predicted octanol–water partition coefficient (Wildman–Crippen LogP) is 2.78. The topological polar surface area (TPSA) is 63.0 Å². The fourth-order valence-corrected chi connectivity index (χ4v) is 3.85. The summed E-state index contributed by atoms with van der Waals surface area (Å²) in [5.41, 5.74) is 1.04. The first kappa shape index (κ1) is 17.7. The molecule has 0 radical (unpaired) electrons. The van der Waals surface area contributed by atoms with Crippen LogP contribution >= 0.6 is 11.3 Å². The van der Waals surface area contributed by atoms with Crippen LogP contribution in [0.15, 0.2) is 28.0 Å². The van der Waals surface area contributed by atoms with E-state index in [-0.39, 0.29) is 11.7 Å². The maximum absolute atomic E-state index is 12.7. The van der Waals surface area contributed by atoms with Crippen LogP contribution in [0, 0.1) is 6.92 Å². The summed E-state index contributed by atoms with van der Waals surface area (Å²) in [6, 6.07) is 5.42. The first-order valence-corrected chi connectivity index (χ1v) is 9.19. The summed E-state index contributed by atoms with van der Waals surface area (Å²) >= 11 is 1.51. The molecule has 25 heavy (non-hydrogen) atoms. The van der Waals surface area contributed by atoms with E-state index in [9.17, 15) is 9.59 Å². The number of esters is 1. The number of hydrogen-bond donors (Lipinski definition) is 0. The van der Waals surface area contributed by atoms with Crippen molar-refractivity contribution >= 4 is 23.2 Å². The second-order valence-corrected chi connectivity index (χ2v) is 7.03. The Hall–Kier alpha value is -2.12. The number of rotatable bonds is 4. The van der Waals surface area contributed by atoms with Gasteiger partial charge in [0.05, 0.1) is 18.5 Å². The van der Waals surface area contributed by atoms with Crippen LogP contribution in [-0.4, -0.2) is 55.0 Å². The third-order valence-corrected chi connectivity index (χ3v) is 5.36. The largest absolute Gasteiger partial charge is 0.463 e. The van der Waals surface area contributed by atoms with Crippen LogP contribution < -0.4 is 0 Å². The molecule has 7 heteroatoms. The van der Waals surface area contributed by atoms with E-state index in [1.54, 1.807) is 12.1 Å². The average molecular weight is 362 g/mol. The van der Waals surface area contributed by atoms with E-state index < -0.39 is 5.97 Å². The van der Waals surface area contributed by atoms with Crippen LogP contribution in [0.5, 0.6) is 0 Å². The summed E-state index contributed by atoms with van der Waals surface area (Å²) < 4.78 is 10.2. The van der Waals surface area contributed by atoms with Gasteiger partial charge in [0.25, 0.3) is 5.91 Å². The second kappa shape index (κ2) is 7.84. The molecule has 0 N–H and O–H groups in total. The number of carbonyl (C=O) groups excluding carboxylic acids is 2. The molecule has 6 nitrogen and oxygen atoms in total. The lowest BCUT2D eigenvalue weighted by molar-refractivity contribution is 0.0560. The van der Waals surface area contributed by atoms with Gasteiger partial charge >= 0.3 is 5.97 Å². The van der Waals surface area contributed by atoms with Crippen molar-refractivity contribution in [2.75, 3.05) is 33.3 Å². The average Bonchev–Trinajstić information content (AvgIpc) is 3.18. The summed E-state index contributed by atoms with van der Waals surface area (Å²) in [5, 5.41) is 1.96. The van der Waals surface area contributed by atoms with Gasteiger partial charge in [0.1, 0.15) is 5.76 Å². The number of methoxy groups -OCH3 is 1. The molecule has 2 aromatic rings. The Bertz CT molecular complexity index is 752. The Morgan fingerprint density at radius 3 is 2.76 bits per heavy atom. The van der Waals surface area contributed by atoms with Crippen molar-refractivity contribution in [1.29, 1.82) is 0 Å². The third-order valence-electron chi connectivity index (χ3n) is 4.36. The summed E-state index contributed by atoms with van der Waals surface area (Å²) in [4.78, 5) is 29.1. The van der Waals surface area contributed by atoms with Crippen molar-refractivity contribution in [1.82, 2.24) is 9.80 Å². The summed E-state index contributed by atoms with van der Waals surface area (Å²) in [6.07, 6.45) is 0.917. The van der Waals surface area contributed by atoms with E-state index >= 15 is 0 Å². The minimum absolute atomic E-state index is 0.125. The van der Waals surface area contributed by atoms with Crippen LogP contribution in [-0.2, 0) is 11.3 Å². The lowest BCUT2D eigenvalue weighted by Gasteiger charge is -2.21. The molecule has 1 fully saturated rings. The highest BCUT2D eigenvalue weighted by Crippen LogP contribution is 2.19. The molecule has 0 atom stereocenters. The van der Waals surface area contributed by atoms with Gasteiger partial charge in [-0.25, -0.2) is 4.79 Å². The molecule has 1 amide bonds. The van der Waals surface area contributed by atoms with E-state index in [1.165, 1.54) is 18.4 Å². The van der Waals surface area contributed by atoms with Gasteiger partial charge in [-0.05, 0) is 42.5 Å². The van der Waals surface area contributed by atoms with Gasteiger partial charge in [0, 0.05) is 26.2 Å². The quantitative estimate of drug-likeness (QED) is 0.783. The first-order chi connectivity index (χ1) is 12.1. The molecule has 1 aliphatic rings. The normalized spacial score (nSPS) is 15.8. The molecule has 2 aromatic heterocycles. The number of furan rings is 1. The van der Waals surface area contributed by atoms with Gasteiger partial charge in [-0.2, -0.15) is 0 Å². The van der Waals surface area contributed by atoms with Crippen molar-refractivity contribution in [3.8, 4) is 0 Å². The van der Waals surface area contributed by atoms with Crippen LogP contribution in [0.4, 0.5) is 0 Å². The number of thiophene rings is 1. The molecule has 0 spiro atoms. The predicted molar refractivity (Wildman–Crippen MR) is 94.9 cm³/mol. The maximum Gasteiger partial charge on any atom is 0.373 e. The van der Waals surface area contributed by atoms with Gasteiger partial charge in [0.2, 0.25) is 5.76 Å². The second-order valence-electron chi connectivity index (χ2n) is 6.11. The lowest BCUT2D eigenvalue weighted by Crippen LogP contribution is -2.35. The Labute approximate surface area is 151 Å². The zero-order chi connectivity index (χ0) is 17.8. The Kier molecular flexibility index (Phi) is 5.55. The van der Waals surface area contributed by atoms with Gasteiger partial charge in [-0.1, -0.05) is 0 Å². The Morgan fingerprint density at radius 1 is 1.20 bits per heavy atom. The Morgan fingerprint density at radius 2 is 2.04 bits per heavy atom. The van der Waals surface area contributed by atoms with Crippen molar-refractivity contribution < 1.29 is 18.7 Å². The van der Waals surface area contributed by atoms with Crippen molar-refractivity contribution in [2.24, 2.45) is 0 Å². The van der Waals surface area contributed by atoms with Gasteiger partial charge in [-0.3, -0.25) is 9.69 Å². The number of ether oxygens (including phenoxy) is 1. The van der Waals surface area contributed by atoms with Crippen molar-refractivity contribution in [2.45, 2.75) is 19.9 Å². The molecular formula is C18H22N2O4S. The first-order valence-electron chi connectivity index (χ1n) is 8.31. The fourth-order valence-electron chi connectivity index (χ4n) is 2.96. The fraction of sp³-hybridized carbons (Fsp3) is 0.444. The highest BCUT2D eigenvalue weighted by molar-refractivity contribution is 7.12. The minimum Gasteiger partial charge on any atom is -0.463 e. The standard InChI is InChI=1S/C18H22N2O4S/c1-13-6-11-25-16(13)17(21)20-8-3-7-19(9-10-20)12-14-4-5-15(24-14)18(22)23-2/h4-6,11H,3,7-10,12H2,1-2H3. The maximum atomic E-state index is 12.7. The molecule has 134 valence electrons.